The van der Waals surface area contributed by atoms with E-state index in [0.29, 0.717) is 4.91 Å². The molecule has 6 nitrogen and oxygen atoms in total. The predicted octanol–water partition coefficient (Wildman–Crippen LogP) is 5.46. The number of hydrogen-bond acceptors (Lipinski definition) is 6. The highest BCUT2D eigenvalue weighted by atomic mass is 32.2. The SMILES string of the molecule is C[C@@H](O[Si](C)(C)C(C)(C)C)[C@@H]1C(=O)N2C(C(=O)OC(c3ccccc3)c3ccccc3)=C(CO)S[C@H]12. The maximum Gasteiger partial charge on any atom is 0.356 e. The Bertz CT molecular complexity index is 1110. The van der Waals surface area contributed by atoms with E-state index in [4.69, 9.17) is 9.16 Å². The summed E-state index contributed by atoms with van der Waals surface area (Å²) in [5.41, 5.74) is 1.80. The first-order valence-corrected chi connectivity index (χ1v) is 16.1. The summed E-state index contributed by atoms with van der Waals surface area (Å²) >= 11 is 1.36. The predicted molar refractivity (Wildman–Crippen MR) is 144 cm³/mol. The van der Waals surface area contributed by atoms with Gasteiger partial charge >= 0.3 is 5.97 Å². The number of fused-ring (bicyclic) bond motifs is 1. The fourth-order valence-corrected chi connectivity index (χ4v) is 7.29. The van der Waals surface area contributed by atoms with Crippen molar-refractivity contribution in [2.45, 2.75) is 63.4 Å². The summed E-state index contributed by atoms with van der Waals surface area (Å²) in [7, 11) is -2.08. The fourth-order valence-electron chi connectivity index (χ4n) is 4.40. The normalized spacial score (nSPS) is 20.9. The highest BCUT2D eigenvalue weighted by Crippen LogP contribution is 2.52. The number of carbonyl (C=O) groups excluding carboxylic acids is 2. The van der Waals surface area contributed by atoms with Crippen molar-refractivity contribution in [1.29, 1.82) is 0 Å². The van der Waals surface area contributed by atoms with Gasteiger partial charge in [0.2, 0.25) is 5.91 Å². The Kier molecular flexibility index (Phi) is 7.53. The molecule has 2 aliphatic rings. The van der Waals surface area contributed by atoms with Gasteiger partial charge < -0.3 is 14.3 Å². The minimum absolute atomic E-state index is 0.0178. The van der Waals surface area contributed by atoms with Gasteiger partial charge in [0.05, 0.1) is 18.6 Å². The average Bonchev–Trinajstić information content (AvgIpc) is 3.17. The number of esters is 1. The standard InChI is InChI=1S/C28H35NO5SSi/c1-18(34-36(5,6)28(2,3)4)22-25(31)29-23(21(17-30)35-26(22)29)27(32)33-24(19-13-9-7-10-14-19)20-15-11-8-12-16-20/h7-16,18,22,24,26,30H,17H2,1-6H3/t18-,22-,26-/m1/s1. The molecule has 2 aromatic carbocycles. The van der Waals surface area contributed by atoms with E-state index in [1.165, 1.54) is 16.7 Å². The molecule has 1 N–H and O–H groups in total. The monoisotopic (exact) mass is 525 g/mol. The van der Waals surface area contributed by atoms with Crippen molar-refractivity contribution in [3.8, 4) is 0 Å². The summed E-state index contributed by atoms with van der Waals surface area (Å²) in [6.45, 7) is 12.4. The number of rotatable bonds is 8. The van der Waals surface area contributed by atoms with E-state index in [0.717, 1.165) is 11.1 Å². The van der Waals surface area contributed by atoms with Crippen LogP contribution in [0.15, 0.2) is 71.3 Å². The van der Waals surface area contributed by atoms with E-state index in [2.05, 4.69) is 33.9 Å². The maximum absolute atomic E-state index is 13.5. The van der Waals surface area contributed by atoms with Gasteiger partial charge in [-0.2, -0.15) is 0 Å². The van der Waals surface area contributed by atoms with Crippen LogP contribution in [0.4, 0.5) is 0 Å². The molecule has 2 aliphatic heterocycles. The second kappa shape index (κ2) is 10.2. The molecular weight excluding hydrogens is 490 g/mol. The molecule has 1 fully saturated rings. The van der Waals surface area contributed by atoms with Crippen molar-refractivity contribution in [3.63, 3.8) is 0 Å². The van der Waals surface area contributed by atoms with Crippen LogP contribution in [-0.2, 0) is 18.8 Å². The number of carbonyl (C=O) groups is 2. The number of β-lactam (4-membered cyclic amide) rings is 1. The average molecular weight is 526 g/mol. The summed E-state index contributed by atoms with van der Waals surface area (Å²) in [6.07, 6.45) is -0.923. The van der Waals surface area contributed by atoms with E-state index in [1.807, 2.05) is 67.6 Å². The lowest BCUT2D eigenvalue weighted by Crippen LogP contribution is -2.62. The van der Waals surface area contributed by atoms with Gasteiger partial charge in [-0.25, -0.2) is 4.79 Å². The van der Waals surface area contributed by atoms with Crippen LogP contribution < -0.4 is 0 Å². The Morgan fingerprint density at radius 2 is 1.58 bits per heavy atom. The lowest BCUT2D eigenvalue weighted by Gasteiger charge is -2.48. The number of thioether (sulfide) groups is 1. The van der Waals surface area contributed by atoms with Crippen LogP contribution in [-0.4, -0.2) is 48.3 Å². The Hall–Kier alpha value is -2.39. The van der Waals surface area contributed by atoms with Crippen molar-refractivity contribution in [2.75, 3.05) is 6.61 Å². The van der Waals surface area contributed by atoms with E-state index in [1.54, 1.807) is 0 Å². The summed E-state index contributed by atoms with van der Waals surface area (Å²) in [4.78, 5) is 28.8. The third-order valence-electron chi connectivity index (χ3n) is 7.41. The summed E-state index contributed by atoms with van der Waals surface area (Å²) in [5.74, 6) is -1.16. The zero-order chi connectivity index (χ0) is 26.3. The van der Waals surface area contributed by atoms with Crippen LogP contribution in [0.1, 0.15) is 44.9 Å². The van der Waals surface area contributed by atoms with Gasteiger partial charge in [0.15, 0.2) is 14.4 Å². The van der Waals surface area contributed by atoms with Crippen LogP contribution in [0, 0.1) is 5.92 Å². The molecule has 3 atom stereocenters. The summed E-state index contributed by atoms with van der Waals surface area (Å²) < 4.78 is 12.5. The third-order valence-corrected chi connectivity index (χ3v) is 13.3. The van der Waals surface area contributed by atoms with Gasteiger partial charge in [0.1, 0.15) is 11.1 Å². The number of hydrogen-bond donors (Lipinski definition) is 1. The van der Waals surface area contributed by atoms with Crippen LogP contribution in [0.3, 0.4) is 0 Å². The molecule has 0 aliphatic carbocycles. The summed E-state index contributed by atoms with van der Waals surface area (Å²) in [6, 6.07) is 19.0. The second-order valence-corrected chi connectivity index (χ2v) is 16.8. The van der Waals surface area contributed by atoms with Gasteiger partial charge in [-0.05, 0) is 36.2 Å². The topological polar surface area (TPSA) is 76.1 Å². The van der Waals surface area contributed by atoms with Gasteiger partial charge in [-0.3, -0.25) is 9.69 Å². The number of ether oxygens (including phenoxy) is 1. The van der Waals surface area contributed by atoms with Crippen molar-refractivity contribution in [3.05, 3.63) is 82.4 Å². The number of amides is 1. The van der Waals surface area contributed by atoms with Crippen molar-refractivity contribution in [1.82, 2.24) is 4.90 Å². The zero-order valence-electron chi connectivity index (χ0n) is 21.7. The van der Waals surface area contributed by atoms with Crippen LogP contribution >= 0.6 is 11.8 Å². The molecule has 0 saturated carbocycles. The number of aliphatic hydroxyl groups excluding tert-OH is 1. The lowest BCUT2D eigenvalue weighted by molar-refractivity contribution is -0.159. The minimum Gasteiger partial charge on any atom is -0.448 e. The molecule has 1 saturated heterocycles. The molecule has 2 aromatic rings. The lowest BCUT2D eigenvalue weighted by atomic mass is 9.92. The van der Waals surface area contributed by atoms with Gasteiger partial charge in [0.25, 0.3) is 0 Å². The second-order valence-electron chi connectivity index (χ2n) is 10.9. The Balaban J connectivity index is 1.55. The number of benzene rings is 2. The van der Waals surface area contributed by atoms with Gasteiger partial charge in [0, 0.05) is 4.91 Å². The first-order chi connectivity index (χ1) is 17.0. The quantitative estimate of drug-likeness (QED) is 0.280. The fraction of sp³-hybridized carbons (Fsp3) is 0.429. The zero-order valence-corrected chi connectivity index (χ0v) is 23.5. The Morgan fingerprint density at radius 1 is 1.06 bits per heavy atom. The van der Waals surface area contributed by atoms with Gasteiger partial charge in [-0.1, -0.05) is 93.2 Å². The van der Waals surface area contributed by atoms with Crippen molar-refractivity contribution in [2.24, 2.45) is 5.92 Å². The highest BCUT2D eigenvalue weighted by Gasteiger charge is 2.59. The number of aliphatic hydroxyl groups is 1. The first-order valence-electron chi connectivity index (χ1n) is 12.3. The molecule has 36 heavy (non-hydrogen) atoms. The van der Waals surface area contributed by atoms with E-state index in [-0.39, 0.29) is 40.6 Å². The first kappa shape index (κ1) is 26.7. The molecule has 0 unspecified atom stereocenters. The maximum atomic E-state index is 13.5. The molecule has 8 heteroatoms. The molecule has 0 bridgehead atoms. The largest absolute Gasteiger partial charge is 0.448 e. The van der Waals surface area contributed by atoms with Crippen molar-refractivity contribution < 1.29 is 23.9 Å². The Morgan fingerprint density at radius 3 is 2.06 bits per heavy atom. The van der Waals surface area contributed by atoms with Crippen LogP contribution in [0.2, 0.25) is 18.1 Å². The third kappa shape index (κ3) is 4.92. The molecule has 0 aromatic heterocycles. The molecule has 1 amide bonds. The molecule has 192 valence electrons. The molecule has 4 rings (SSSR count). The Labute approximate surface area is 218 Å². The van der Waals surface area contributed by atoms with Crippen LogP contribution in [0.25, 0.3) is 0 Å². The smallest absolute Gasteiger partial charge is 0.356 e. The van der Waals surface area contributed by atoms with E-state index >= 15 is 0 Å². The van der Waals surface area contributed by atoms with Crippen LogP contribution in [0.5, 0.6) is 0 Å². The summed E-state index contributed by atoms with van der Waals surface area (Å²) in [5, 5.41) is 9.81. The van der Waals surface area contributed by atoms with E-state index < -0.39 is 20.4 Å². The number of nitrogens with zero attached hydrogens (tertiary/aromatic N) is 1. The molecular formula is C28H35NO5SSi. The van der Waals surface area contributed by atoms with Gasteiger partial charge in [-0.15, -0.1) is 0 Å². The highest BCUT2D eigenvalue weighted by molar-refractivity contribution is 8.04. The van der Waals surface area contributed by atoms with Crippen molar-refractivity contribution >= 4 is 32.0 Å². The molecule has 2 heterocycles. The molecule has 0 spiro atoms. The molecule has 0 radical (unpaired) electrons. The minimum atomic E-state index is -2.08. The van der Waals surface area contributed by atoms with E-state index in [9.17, 15) is 14.7 Å².